The lowest BCUT2D eigenvalue weighted by Gasteiger charge is -2.19. The Morgan fingerprint density at radius 3 is 2.15 bits per heavy atom. The maximum atomic E-state index is 12.4. The Balaban J connectivity index is 2.02. The zero-order valence-corrected chi connectivity index (χ0v) is 16.4. The van der Waals surface area contributed by atoms with Gasteiger partial charge < -0.3 is 15.2 Å². The van der Waals surface area contributed by atoms with Gasteiger partial charge in [0.25, 0.3) is 0 Å². The summed E-state index contributed by atoms with van der Waals surface area (Å²) in [6.07, 6.45) is -0.371. The van der Waals surface area contributed by atoms with Crippen molar-refractivity contribution < 1.29 is 19.4 Å². The average molecular weight is 385 g/mol. The first-order valence-electron chi connectivity index (χ1n) is 8.59. The van der Waals surface area contributed by atoms with Crippen LogP contribution in [0.15, 0.2) is 48.5 Å². The number of alkyl carbamates (subject to hydrolysis) is 1. The van der Waals surface area contributed by atoms with Crippen LogP contribution < -0.4 is 5.32 Å². The van der Waals surface area contributed by atoms with Crippen LogP contribution in [0.1, 0.15) is 43.1 Å². The van der Waals surface area contributed by atoms with Gasteiger partial charge in [0.2, 0.25) is 0 Å². The fourth-order valence-electron chi connectivity index (χ4n) is 2.44. The predicted octanol–water partition coefficient (Wildman–Crippen LogP) is 4.68. The van der Waals surface area contributed by atoms with E-state index in [-0.39, 0.29) is 23.8 Å². The Kier molecular flexibility index (Phi) is 6.69. The molecule has 5 nitrogen and oxygen atoms in total. The smallest absolute Gasteiger partial charge is 0.407 e. The van der Waals surface area contributed by atoms with Gasteiger partial charge in [0.05, 0.1) is 0 Å². The van der Waals surface area contributed by atoms with Crippen LogP contribution in [0.4, 0.5) is 4.79 Å². The van der Waals surface area contributed by atoms with Crippen LogP contribution in [0.2, 0.25) is 0 Å². The number of ether oxygens (including phenoxy) is 1. The van der Waals surface area contributed by atoms with Crippen LogP contribution in [0.3, 0.4) is 0 Å². The lowest BCUT2D eigenvalue weighted by Crippen LogP contribution is -2.33. The van der Waals surface area contributed by atoms with Crippen molar-refractivity contribution >= 4 is 29.1 Å². The van der Waals surface area contributed by atoms with Gasteiger partial charge in [-0.25, -0.2) is 4.79 Å². The fraction of sp³-hybridized carbons (Fsp3) is 0.286. The molecule has 0 saturated carbocycles. The third-order valence-corrected chi connectivity index (χ3v) is 3.88. The van der Waals surface area contributed by atoms with Crippen molar-refractivity contribution in [3.8, 4) is 11.1 Å². The maximum Gasteiger partial charge on any atom is 0.407 e. The zero-order chi connectivity index (χ0) is 20.0. The number of carbonyl (C=O) groups is 2. The highest BCUT2D eigenvalue weighted by Gasteiger charge is 2.16. The van der Waals surface area contributed by atoms with Crippen LogP contribution >= 0.6 is 12.2 Å². The Morgan fingerprint density at radius 2 is 1.59 bits per heavy atom. The molecular formula is C21H23NO4S. The van der Waals surface area contributed by atoms with Gasteiger partial charge in [-0.05, 0) is 56.2 Å². The summed E-state index contributed by atoms with van der Waals surface area (Å²) < 4.78 is 5.14. The summed E-state index contributed by atoms with van der Waals surface area (Å²) >= 11 is 4.80. The van der Waals surface area contributed by atoms with Crippen molar-refractivity contribution in [2.24, 2.45) is 0 Å². The Labute approximate surface area is 164 Å². The number of benzene rings is 2. The van der Waals surface area contributed by atoms with Gasteiger partial charge in [0.15, 0.2) is 10.8 Å². The second-order valence-electron chi connectivity index (χ2n) is 7.07. The molecule has 0 aromatic heterocycles. The average Bonchev–Trinajstić information content (AvgIpc) is 2.60. The molecular weight excluding hydrogens is 362 g/mol. The van der Waals surface area contributed by atoms with Crippen LogP contribution in [-0.2, 0) is 4.74 Å². The number of aliphatic hydroxyl groups excluding tert-OH is 1. The molecule has 1 amide bonds. The Morgan fingerprint density at radius 1 is 1.04 bits per heavy atom. The SMILES string of the molecule is CC(C)(C)OC(=O)NCCC(=O)c1cccc(-c2cccc(C(O)=S)c2)c1. The van der Waals surface area contributed by atoms with E-state index in [1.807, 2.05) is 12.1 Å². The molecule has 0 spiro atoms. The maximum absolute atomic E-state index is 12.4. The van der Waals surface area contributed by atoms with Gasteiger partial charge >= 0.3 is 6.09 Å². The van der Waals surface area contributed by atoms with Crippen molar-refractivity contribution in [1.82, 2.24) is 5.32 Å². The van der Waals surface area contributed by atoms with Crippen molar-refractivity contribution in [2.75, 3.05) is 6.54 Å². The third kappa shape index (κ3) is 6.49. The highest BCUT2D eigenvalue weighted by atomic mass is 32.1. The molecule has 0 fully saturated rings. The molecule has 0 aliphatic rings. The number of carbonyl (C=O) groups excluding carboxylic acids is 2. The standard InChI is InChI=1S/C21H23NO4S/c1-21(2,3)26-20(25)22-11-10-18(23)16-8-4-6-14(12-16)15-7-5-9-17(13-15)19(24)27/h4-9,12-13H,10-11H2,1-3H3,(H,22,25)(H,24,27). The number of nitrogens with one attached hydrogen (secondary N) is 1. The van der Waals surface area contributed by atoms with E-state index in [4.69, 9.17) is 17.0 Å². The molecule has 0 atom stereocenters. The summed E-state index contributed by atoms with van der Waals surface area (Å²) in [7, 11) is 0. The first-order chi connectivity index (χ1) is 12.7. The molecule has 2 rings (SSSR count). The van der Waals surface area contributed by atoms with E-state index < -0.39 is 11.7 Å². The van der Waals surface area contributed by atoms with E-state index in [0.29, 0.717) is 11.1 Å². The number of amides is 1. The molecule has 0 radical (unpaired) electrons. The first-order valence-corrected chi connectivity index (χ1v) is 9.00. The number of thiocarbonyl (C=S) groups is 1. The molecule has 2 aromatic rings. The predicted molar refractivity (Wildman–Crippen MR) is 109 cm³/mol. The molecule has 0 aliphatic carbocycles. The van der Waals surface area contributed by atoms with Gasteiger partial charge in [-0.15, -0.1) is 0 Å². The largest absolute Gasteiger partial charge is 0.499 e. The Bertz CT molecular complexity index is 855. The minimum Gasteiger partial charge on any atom is -0.499 e. The third-order valence-electron chi connectivity index (χ3n) is 3.65. The monoisotopic (exact) mass is 385 g/mol. The molecule has 27 heavy (non-hydrogen) atoms. The molecule has 0 aliphatic heterocycles. The van der Waals surface area contributed by atoms with E-state index in [1.54, 1.807) is 57.2 Å². The second-order valence-corrected chi connectivity index (χ2v) is 7.46. The van der Waals surface area contributed by atoms with Gasteiger partial charge in [0, 0.05) is 24.1 Å². The van der Waals surface area contributed by atoms with Gasteiger partial charge in [-0.1, -0.05) is 36.4 Å². The number of hydrogen-bond donors (Lipinski definition) is 2. The number of Topliss-reactive ketones (excluding diaryl/α,β-unsaturated/α-hetero) is 1. The number of ketones is 1. The van der Waals surface area contributed by atoms with E-state index in [1.165, 1.54) is 0 Å². The highest BCUT2D eigenvalue weighted by molar-refractivity contribution is 7.80. The molecule has 0 bridgehead atoms. The van der Waals surface area contributed by atoms with E-state index >= 15 is 0 Å². The summed E-state index contributed by atoms with van der Waals surface area (Å²) in [5.41, 5.74) is 2.23. The minimum absolute atomic E-state index is 0.0817. The normalized spacial score (nSPS) is 10.9. The number of aliphatic hydroxyl groups is 1. The van der Waals surface area contributed by atoms with Gasteiger partial charge in [-0.2, -0.15) is 0 Å². The van der Waals surface area contributed by atoms with E-state index in [9.17, 15) is 14.7 Å². The van der Waals surface area contributed by atoms with E-state index in [0.717, 1.165) is 11.1 Å². The molecule has 2 N–H and O–H groups in total. The first kappa shape index (κ1) is 20.6. The highest BCUT2D eigenvalue weighted by Crippen LogP contribution is 2.22. The summed E-state index contributed by atoms with van der Waals surface area (Å²) in [5.74, 6) is -0.0817. The molecule has 0 saturated heterocycles. The van der Waals surface area contributed by atoms with Crippen molar-refractivity contribution in [1.29, 1.82) is 0 Å². The van der Waals surface area contributed by atoms with Gasteiger partial charge in [0.1, 0.15) is 5.60 Å². The molecule has 2 aromatic carbocycles. The summed E-state index contributed by atoms with van der Waals surface area (Å²) in [4.78, 5) is 24.0. The lowest BCUT2D eigenvalue weighted by atomic mass is 9.99. The van der Waals surface area contributed by atoms with Crippen LogP contribution in [0.5, 0.6) is 0 Å². The number of hydrogen-bond acceptors (Lipinski definition) is 4. The van der Waals surface area contributed by atoms with Crippen LogP contribution in [0.25, 0.3) is 11.1 Å². The van der Waals surface area contributed by atoms with Crippen molar-refractivity contribution in [3.63, 3.8) is 0 Å². The lowest BCUT2D eigenvalue weighted by molar-refractivity contribution is 0.0527. The summed E-state index contributed by atoms with van der Waals surface area (Å²) in [5, 5.41) is 11.9. The molecule has 0 heterocycles. The van der Waals surface area contributed by atoms with E-state index in [2.05, 4.69) is 5.32 Å². The summed E-state index contributed by atoms with van der Waals surface area (Å²) in [6.45, 7) is 5.54. The molecule has 0 unspecified atom stereocenters. The quantitative estimate of drug-likeness (QED) is 0.557. The summed E-state index contributed by atoms with van der Waals surface area (Å²) in [6, 6.07) is 14.4. The number of rotatable bonds is 6. The van der Waals surface area contributed by atoms with Crippen LogP contribution in [0, 0.1) is 0 Å². The molecule has 142 valence electrons. The minimum atomic E-state index is -0.576. The molecule has 6 heteroatoms. The van der Waals surface area contributed by atoms with Crippen molar-refractivity contribution in [3.05, 3.63) is 59.7 Å². The topological polar surface area (TPSA) is 75.6 Å². The van der Waals surface area contributed by atoms with Crippen molar-refractivity contribution in [2.45, 2.75) is 32.8 Å². The Hall–Kier alpha value is -2.73. The van der Waals surface area contributed by atoms with Crippen LogP contribution in [-0.4, -0.2) is 34.2 Å². The second kappa shape index (κ2) is 8.77. The zero-order valence-electron chi connectivity index (χ0n) is 15.6. The fourth-order valence-corrected chi connectivity index (χ4v) is 2.57. The van der Waals surface area contributed by atoms with Gasteiger partial charge in [-0.3, -0.25) is 4.79 Å².